The van der Waals surface area contributed by atoms with Crippen LogP contribution >= 0.6 is 0 Å². The van der Waals surface area contributed by atoms with Gasteiger partial charge >= 0.3 is 0 Å². The first-order valence-electron chi connectivity index (χ1n) is 6.36. The highest BCUT2D eigenvalue weighted by molar-refractivity contribution is 4.75. The monoisotopic (exact) mass is 210 g/mol. The zero-order valence-electron chi connectivity index (χ0n) is 10.2. The predicted molar refractivity (Wildman–Crippen MR) is 67.2 cm³/mol. The lowest BCUT2D eigenvalue weighted by Gasteiger charge is -2.31. The molecule has 0 aliphatic carbocycles. The zero-order valence-corrected chi connectivity index (χ0v) is 10.2. The molecule has 1 N–H and O–H groups in total. The van der Waals surface area contributed by atoms with Crippen LogP contribution in [0, 0.1) is 0 Å². The van der Waals surface area contributed by atoms with Crippen LogP contribution in [0.3, 0.4) is 0 Å². The smallest absolute Gasteiger partial charge is 0.0116 e. The lowest BCUT2D eigenvalue weighted by atomic mass is 10.0. The van der Waals surface area contributed by atoms with Crippen molar-refractivity contribution in [3.63, 3.8) is 0 Å². The number of nitrogens with zero attached hydrogens (tertiary/aromatic N) is 1. The maximum Gasteiger partial charge on any atom is 0.0116 e. The number of hydrogen-bond acceptors (Lipinski definition) is 2. The van der Waals surface area contributed by atoms with Crippen LogP contribution < -0.4 is 5.32 Å². The zero-order chi connectivity index (χ0) is 10.9. The van der Waals surface area contributed by atoms with E-state index in [0.717, 1.165) is 6.04 Å². The molecule has 2 heteroatoms. The van der Waals surface area contributed by atoms with E-state index in [1.165, 1.54) is 58.2 Å². The van der Waals surface area contributed by atoms with Gasteiger partial charge in [-0.3, -0.25) is 0 Å². The Labute approximate surface area is 94.7 Å². The second-order valence-electron chi connectivity index (χ2n) is 4.60. The fraction of sp³-hybridized carbons (Fsp3) is 0.846. The van der Waals surface area contributed by atoms with Gasteiger partial charge < -0.3 is 10.2 Å². The van der Waals surface area contributed by atoms with Gasteiger partial charge in [0, 0.05) is 6.04 Å². The second-order valence-corrected chi connectivity index (χ2v) is 4.60. The second kappa shape index (κ2) is 7.89. The molecule has 1 aliphatic rings. The Morgan fingerprint density at radius 1 is 1.27 bits per heavy atom. The molecule has 1 saturated heterocycles. The van der Waals surface area contributed by atoms with Gasteiger partial charge in [-0.2, -0.15) is 0 Å². The highest BCUT2D eigenvalue weighted by atomic mass is 15.1. The van der Waals surface area contributed by atoms with Crippen molar-refractivity contribution >= 4 is 0 Å². The van der Waals surface area contributed by atoms with Crippen LogP contribution in [0.1, 0.15) is 38.5 Å². The highest BCUT2D eigenvalue weighted by Crippen LogP contribution is 2.11. The summed E-state index contributed by atoms with van der Waals surface area (Å²) >= 11 is 0. The summed E-state index contributed by atoms with van der Waals surface area (Å²) in [7, 11) is 2.28. The summed E-state index contributed by atoms with van der Waals surface area (Å²) in [5.41, 5.74) is 0. The van der Waals surface area contributed by atoms with Crippen molar-refractivity contribution in [3.05, 3.63) is 12.7 Å². The third-order valence-corrected chi connectivity index (χ3v) is 3.35. The molecule has 0 aromatic carbocycles. The first-order valence-corrected chi connectivity index (χ1v) is 6.36. The van der Waals surface area contributed by atoms with Crippen molar-refractivity contribution in [1.29, 1.82) is 0 Å². The summed E-state index contributed by atoms with van der Waals surface area (Å²) < 4.78 is 0. The molecule has 0 aromatic rings. The molecule has 1 aliphatic heterocycles. The Hall–Kier alpha value is -0.340. The van der Waals surface area contributed by atoms with E-state index in [1.807, 2.05) is 6.08 Å². The van der Waals surface area contributed by atoms with Crippen molar-refractivity contribution in [1.82, 2.24) is 10.2 Å². The van der Waals surface area contributed by atoms with Gasteiger partial charge in [0.15, 0.2) is 0 Å². The minimum atomic E-state index is 0.825. The Balaban J connectivity index is 2.01. The molecular weight excluding hydrogens is 184 g/mol. The number of nitrogens with one attached hydrogen (secondary N) is 1. The third-order valence-electron chi connectivity index (χ3n) is 3.35. The van der Waals surface area contributed by atoms with E-state index in [9.17, 15) is 0 Å². The maximum absolute atomic E-state index is 3.75. The molecule has 15 heavy (non-hydrogen) atoms. The summed E-state index contributed by atoms with van der Waals surface area (Å²) in [4.78, 5) is 2.55. The van der Waals surface area contributed by atoms with Crippen molar-refractivity contribution in [2.75, 3.05) is 26.7 Å². The molecular formula is C13H26N2. The van der Waals surface area contributed by atoms with Crippen LogP contribution in [-0.2, 0) is 0 Å². The number of hydrogen-bond donors (Lipinski definition) is 1. The molecule has 0 radical (unpaired) electrons. The van der Waals surface area contributed by atoms with Crippen molar-refractivity contribution < 1.29 is 0 Å². The van der Waals surface area contributed by atoms with Crippen LogP contribution in [0.2, 0.25) is 0 Å². The minimum Gasteiger partial charge on any atom is -0.317 e. The molecule has 0 saturated carbocycles. The Morgan fingerprint density at radius 2 is 2.00 bits per heavy atom. The van der Waals surface area contributed by atoms with E-state index in [4.69, 9.17) is 0 Å². The summed E-state index contributed by atoms with van der Waals surface area (Å²) in [6.07, 6.45) is 9.85. The van der Waals surface area contributed by atoms with Crippen molar-refractivity contribution in [3.8, 4) is 0 Å². The molecule has 2 nitrogen and oxygen atoms in total. The van der Waals surface area contributed by atoms with Crippen LogP contribution in [0.4, 0.5) is 0 Å². The third kappa shape index (κ3) is 5.33. The molecule has 1 rings (SSSR count). The SMILES string of the molecule is C=CCCCCCN(C)C1CCNCC1. The number of allylic oxidation sites excluding steroid dienone is 1. The molecule has 0 amide bonds. The largest absolute Gasteiger partial charge is 0.317 e. The lowest BCUT2D eigenvalue weighted by Crippen LogP contribution is -2.41. The van der Waals surface area contributed by atoms with Crippen LogP contribution in [-0.4, -0.2) is 37.6 Å². The average molecular weight is 210 g/mol. The van der Waals surface area contributed by atoms with Crippen LogP contribution in [0.5, 0.6) is 0 Å². The Morgan fingerprint density at radius 3 is 2.67 bits per heavy atom. The standard InChI is InChI=1S/C13H26N2/c1-3-4-5-6-7-12-15(2)13-8-10-14-11-9-13/h3,13-14H,1,4-12H2,2H3. The van der Waals surface area contributed by atoms with Crippen molar-refractivity contribution in [2.45, 2.75) is 44.6 Å². The van der Waals surface area contributed by atoms with Gasteiger partial charge in [0.2, 0.25) is 0 Å². The van der Waals surface area contributed by atoms with Gasteiger partial charge in [0.1, 0.15) is 0 Å². The number of rotatable bonds is 7. The molecule has 88 valence electrons. The van der Waals surface area contributed by atoms with Gasteiger partial charge in [-0.1, -0.05) is 12.5 Å². The summed E-state index contributed by atoms with van der Waals surface area (Å²) in [5.74, 6) is 0. The first kappa shape index (κ1) is 12.7. The topological polar surface area (TPSA) is 15.3 Å². The van der Waals surface area contributed by atoms with Gasteiger partial charge in [-0.05, 0) is 58.8 Å². The quantitative estimate of drug-likeness (QED) is 0.513. The minimum absolute atomic E-state index is 0.825. The lowest BCUT2D eigenvalue weighted by molar-refractivity contribution is 0.195. The van der Waals surface area contributed by atoms with E-state index in [-0.39, 0.29) is 0 Å². The van der Waals surface area contributed by atoms with E-state index in [1.54, 1.807) is 0 Å². The summed E-state index contributed by atoms with van der Waals surface area (Å²) in [6, 6.07) is 0.825. The van der Waals surface area contributed by atoms with E-state index < -0.39 is 0 Å². The first-order chi connectivity index (χ1) is 7.34. The van der Waals surface area contributed by atoms with E-state index >= 15 is 0 Å². The molecule has 0 unspecified atom stereocenters. The molecule has 0 aromatic heterocycles. The summed E-state index contributed by atoms with van der Waals surface area (Å²) in [5, 5.41) is 3.42. The molecule has 0 bridgehead atoms. The van der Waals surface area contributed by atoms with Gasteiger partial charge in [0.05, 0.1) is 0 Å². The van der Waals surface area contributed by atoms with Crippen LogP contribution in [0.15, 0.2) is 12.7 Å². The van der Waals surface area contributed by atoms with Crippen LogP contribution in [0.25, 0.3) is 0 Å². The maximum atomic E-state index is 3.75. The Kier molecular flexibility index (Phi) is 6.69. The normalized spacial score (nSPS) is 18.3. The Bertz CT molecular complexity index is 162. The van der Waals surface area contributed by atoms with Crippen molar-refractivity contribution in [2.24, 2.45) is 0 Å². The highest BCUT2D eigenvalue weighted by Gasteiger charge is 2.16. The number of piperidine rings is 1. The van der Waals surface area contributed by atoms with Gasteiger partial charge in [-0.25, -0.2) is 0 Å². The van der Waals surface area contributed by atoms with E-state index in [2.05, 4.69) is 23.8 Å². The summed E-state index contributed by atoms with van der Waals surface area (Å²) in [6.45, 7) is 7.41. The fourth-order valence-corrected chi connectivity index (χ4v) is 2.26. The average Bonchev–Trinajstić information content (AvgIpc) is 2.30. The number of unbranched alkanes of at least 4 members (excludes halogenated alkanes) is 3. The van der Waals surface area contributed by atoms with Gasteiger partial charge in [-0.15, -0.1) is 6.58 Å². The fourth-order valence-electron chi connectivity index (χ4n) is 2.26. The molecule has 1 heterocycles. The predicted octanol–water partition coefficient (Wildman–Crippen LogP) is 2.42. The van der Waals surface area contributed by atoms with E-state index in [0.29, 0.717) is 0 Å². The van der Waals surface area contributed by atoms with Gasteiger partial charge in [0.25, 0.3) is 0 Å². The molecule has 1 fully saturated rings. The molecule has 0 atom stereocenters. The molecule has 0 spiro atoms.